The number of rotatable bonds is 5. The number of amides is 1. The summed E-state index contributed by atoms with van der Waals surface area (Å²) in [6.07, 6.45) is 4.72. The fraction of sp³-hybridized carbons (Fsp3) is 0.296. The summed E-state index contributed by atoms with van der Waals surface area (Å²) >= 11 is 1.51. The van der Waals surface area contributed by atoms with Gasteiger partial charge in [0.25, 0.3) is 5.91 Å². The first-order valence-electron chi connectivity index (χ1n) is 11.8. The van der Waals surface area contributed by atoms with Crippen molar-refractivity contribution < 1.29 is 14.3 Å². The average molecular weight is 491 g/mol. The molecular formula is C27H27FN4O2S. The lowest BCUT2D eigenvalue weighted by atomic mass is 9.83. The molecule has 2 aliphatic rings. The number of carbonyl (C=O) groups is 1. The summed E-state index contributed by atoms with van der Waals surface area (Å²) in [5.41, 5.74) is 3.80. The molecule has 2 aromatic carbocycles. The van der Waals surface area contributed by atoms with Crippen molar-refractivity contribution in [3.8, 4) is 0 Å². The van der Waals surface area contributed by atoms with Crippen LogP contribution in [0.2, 0.25) is 0 Å². The van der Waals surface area contributed by atoms with E-state index in [1.165, 1.54) is 23.6 Å². The van der Waals surface area contributed by atoms with Crippen LogP contribution in [-0.2, 0) is 12.0 Å². The minimum Gasteiger partial charge on any atom is -0.385 e. The first kappa shape index (κ1) is 23.5. The number of carbonyl (C=O) groups excluding carboxylic acids is 1. The van der Waals surface area contributed by atoms with Crippen LogP contribution in [0.15, 0.2) is 64.5 Å². The number of hydrogen-bond acceptors (Lipinski definition) is 6. The van der Waals surface area contributed by atoms with Gasteiger partial charge in [-0.15, -0.1) is 0 Å². The Morgan fingerprint density at radius 3 is 2.63 bits per heavy atom. The van der Waals surface area contributed by atoms with Gasteiger partial charge in [0, 0.05) is 41.8 Å². The Kier molecular flexibility index (Phi) is 6.58. The molecule has 0 bridgehead atoms. The summed E-state index contributed by atoms with van der Waals surface area (Å²) < 4.78 is 16.7. The number of hydrogen-bond donors (Lipinski definition) is 2. The molecule has 2 N–H and O–H groups in total. The molecule has 0 aliphatic carbocycles. The Morgan fingerprint density at radius 2 is 1.89 bits per heavy atom. The van der Waals surface area contributed by atoms with Crippen LogP contribution in [0.5, 0.6) is 0 Å². The molecule has 35 heavy (non-hydrogen) atoms. The highest BCUT2D eigenvalue weighted by molar-refractivity contribution is 8.00. The molecular weight excluding hydrogens is 463 g/mol. The maximum atomic E-state index is 13.4. The van der Waals surface area contributed by atoms with Gasteiger partial charge in [0.1, 0.15) is 0 Å². The average Bonchev–Trinajstić information content (AvgIpc) is 2.87. The van der Waals surface area contributed by atoms with E-state index in [4.69, 9.17) is 0 Å². The normalized spacial score (nSPS) is 16.6. The number of benzene rings is 2. The molecule has 2 aliphatic heterocycles. The summed E-state index contributed by atoms with van der Waals surface area (Å²) in [6.45, 7) is 2.53. The molecule has 8 heteroatoms. The maximum absolute atomic E-state index is 13.4. The second-order valence-corrected chi connectivity index (χ2v) is 9.83. The molecule has 1 saturated heterocycles. The van der Waals surface area contributed by atoms with Gasteiger partial charge in [0.15, 0.2) is 0 Å². The lowest BCUT2D eigenvalue weighted by molar-refractivity contribution is -0.0219. The van der Waals surface area contributed by atoms with Crippen molar-refractivity contribution in [2.75, 3.05) is 17.8 Å². The Morgan fingerprint density at radius 1 is 1.11 bits per heavy atom. The van der Waals surface area contributed by atoms with Crippen LogP contribution in [0.4, 0.5) is 15.8 Å². The van der Waals surface area contributed by atoms with Crippen LogP contribution in [0.1, 0.15) is 46.4 Å². The van der Waals surface area contributed by atoms with Crippen LogP contribution in [0.25, 0.3) is 0 Å². The molecule has 0 unspecified atom stereocenters. The van der Waals surface area contributed by atoms with Gasteiger partial charge in [-0.3, -0.25) is 9.79 Å². The van der Waals surface area contributed by atoms with Gasteiger partial charge in [0.05, 0.1) is 16.2 Å². The zero-order valence-corrected chi connectivity index (χ0v) is 20.3. The third-order valence-electron chi connectivity index (χ3n) is 6.69. The van der Waals surface area contributed by atoms with Crippen LogP contribution in [0, 0.1) is 12.9 Å². The van der Waals surface area contributed by atoms with E-state index in [0.717, 1.165) is 29.1 Å². The van der Waals surface area contributed by atoms with Gasteiger partial charge >= 0.3 is 0 Å². The van der Waals surface area contributed by atoms with Crippen molar-refractivity contribution in [3.63, 3.8) is 0 Å². The molecule has 3 heterocycles. The summed E-state index contributed by atoms with van der Waals surface area (Å²) in [5.74, 6) is -0.623. The number of piperidine rings is 1. The maximum Gasteiger partial charge on any atom is 0.253 e. The standard InChI is InChI=1S/C27H27FN4O2S/c1-18-22(11-12-24(28)30-18)27(34)13-16-32(17-14-27)26(33)20-7-9-21(10-8-20)31-35-23-6-2-4-19-5-3-15-29-25(19)23/h2,4,6-12,15,31,34H,3,5,13-14,16-17H2,1H3. The molecule has 0 radical (unpaired) electrons. The van der Waals surface area contributed by atoms with Crippen LogP contribution in [-0.4, -0.2) is 40.2 Å². The van der Waals surface area contributed by atoms with E-state index in [0.29, 0.717) is 42.8 Å². The zero-order valence-electron chi connectivity index (χ0n) is 19.5. The highest BCUT2D eigenvalue weighted by Crippen LogP contribution is 2.36. The molecule has 0 spiro atoms. The van der Waals surface area contributed by atoms with Crippen molar-refractivity contribution >= 4 is 35.4 Å². The van der Waals surface area contributed by atoms with E-state index in [-0.39, 0.29) is 5.91 Å². The SMILES string of the molecule is Cc1nc(F)ccc1C1(O)CCN(C(=O)c2ccc(NSc3cccc4c3N=CCC4)cc2)CC1. The first-order chi connectivity index (χ1) is 16.9. The largest absolute Gasteiger partial charge is 0.385 e. The number of aliphatic hydroxyl groups is 1. The van der Waals surface area contributed by atoms with Crippen molar-refractivity contribution in [2.24, 2.45) is 4.99 Å². The zero-order chi connectivity index (χ0) is 24.4. The number of likely N-dealkylation sites (tertiary alicyclic amines) is 1. The Balaban J connectivity index is 1.20. The number of anilines is 1. The Labute approximate surface area is 208 Å². The van der Waals surface area contributed by atoms with Crippen LogP contribution in [0.3, 0.4) is 0 Å². The molecule has 0 saturated carbocycles. The minimum atomic E-state index is -1.10. The van der Waals surface area contributed by atoms with E-state index < -0.39 is 11.5 Å². The fourth-order valence-electron chi connectivity index (χ4n) is 4.72. The van der Waals surface area contributed by atoms with Crippen molar-refractivity contribution in [1.29, 1.82) is 0 Å². The van der Waals surface area contributed by atoms with E-state index in [1.807, 2.05) is 30.5 Å². The number of halogens is 1. The number of nitrogens with zero attached hydrogens (tertiary/aromatic N) is 3. The van der Waals surface area contributed by atoms with Gasteiger partial charge in [-0.25, -0.2) is 4.98 Å². The predicted octanol–water partition coefficient (Wildman–Crippen LogP) is 5.42. The predicted molar refractivity (Wildman–Crippen MR) is 137 cm³/mol. The van der Waals surface area contributed by atoms with Gasteiger partial charge in [-0.1, -0.05) is 12.1 Å². The molecule has 1 amide bonds. The van der Waals surface area contributed by atoms with Crippen LogP contribution < -0.4 is 4.72 Å². The molecule has 1 fully saturated rings. The summed E-state index contributed by atoms with van der Waals surface area (Å²) in [6, 6.07) is 16.5. The summed E-state index contributed by atoms with van der Waals surface area (Å²) in [4.78, 5) is 24.3. The highest BCUT2D eigenvalue weighted by atomic mass is 32.2. The number of fused-ring (bicyclic) bond motifs is 1. The van der Waals surface area contributed by atoms with E-state index in [1.54, 1.807) is 17.9 Å². The van der Waals surface area contributed by atoms with Gasteiger partial charge < -0.3 is 14.7 Å². The van der Waals surface area contributed by atoms with E-state index in [2.05, 4.69) is 32.9 Å². The molecule has 1 aromatic heterocycles. The first-order valence-corrected chi connectivity index (χ1v) is 12.6. The van der Waals surface area contributed by atoms with Crippen molar-refractivity contribution in [2.45, 2.75) is 43.1 Å². The Bertz CT molecular complexity index is 1270. The molecule has 3 aromatic rings. The lowest BCUT2D eigenvalue weighted by Gasteiger charge is -2.39. The molecule has 0 atom stereocenters. The van der Waals surface area contributed by atoms with Crippen molar-refractivity contribution in [3.05, 3.63) is 82.9 Å². The Hall–Kier alpha value is -3.23. The highest BCUT2D eigenvalue weighted by Gasteiger charge is 2.37. The number of aliphatic imine (C=N–C) groups is 1. The van der Waals surface area contributed by atoms with Crippen LogP contribution >= 0.6 is 11.9 Å². The van der Waals surface area contributed by atoms with E-state index in [9.17, 15) is 14.3 Å². The quantitative estimate of drug-likeness (QED) is 0.369. The molecule has 180 valence electrons. The third kappa shape index (κ3) is 4.94. The minimum absolute atomic E-state index is 0.0633. The van der Waals surface area contributed by atoms with E-state index >= 15 is 0 Å². The second-order valence-electron chi connectivity index (χ2n) is 8.99. The number of aryl methyl sites for hydroxylation is 2. The monoisotopic (exact) mass is 490 g/mol. The lowest BCUT2D eigenvalue weighted by Crippen LogP contribution is -2.45. The van der Waals surface area contributed by atoms with Gasteiger partial charge in [0.2, 0.25) is 5.95 Å². The summed E-state index contributed by atoms with van der Waals surface area (Å²) in [7, 11) is 0. The molecule has 6 nitrogen and oxygen atoms in total. The summed E-state index contributed by atoms with van der Waals surface area (Å²) in [5, 5.41) is 11.1. The van der Waals surface area contributed by atoms with Gasteiger partial charge in [-0.05, 0) is 92.6 Å². The topological polar surface area (TPSA) is 77.8 Å². The second kappa shape index (κ2) is 9.79. The number of aromatic nitrogens is 1. The van der Waals surface area contributed by atoms with Gasteiger partial charge in [-0.2, -0.15) is 4.39 Å². The third-order valence-corrected chi connectivity index (χ3v) is 7.57. The van der Waals surface area contributed by atoms with Crippen molar-refractivity contribution in [1.82, 2.24) is 9.88 Å². The number of para-hydroxylation sites is 1. The molecule has 5 rings (SSSR count). The number of nitrogens with one attached hydrogen (secondary N) is 1. The fourth-order valence-corrected chi connectivity index (χ4v) is 5.51. The smallest absolute Gasteiger partial charge is 0.253 e. The number of pyridine rings is 1.